The summed E-state index contributed by atoms with van der Waals surface area (Å²) >= 11 is 0. The molecule has 5 aromatic rings. The molecule has 0 bridgehead atoms. The number of aryl methyl sites for hydroxylation is 1. The summed E-state index contributed by atoms with van der Waals surface area (Å²) < 4.78 is 34.4. The number of nitrogens with zero attached hydrogens (tertiary/aromatic N) is 5. The average Bonchev–Trinajstić information content (AvgIpc) is 3.22. The molecular formula is C29H27N5O3S. The van der Waals surface area contributed by atoms with E-state index in [1.807, 2.05) is 67.6 Å². The highest BCUT2D eigenvalue weighted by Gasteiger charge is 2.29. The molecule has 0 amide bonds. The molecule has 0 N–H and O–H groups in total. The summed E-state index contributed by atoms with van der Waals surface area (Å²) in [5, 5.41) is 0. The molecule has 0 saturated carbocycles. The van der Waals surface area contributed by atoms with Crippen LogP contribution in [0.5, 0.6) is 0 Å². The van der Waals surface area contributed by atoms with Crippen molar-refractivity contribution >= 4 is 27.1 Å². The van der Waals surface area contributed by atoms with Crippen molar-refractivity contribution in [3.8, 4) is 22.8 Å². The fraction of sp³-hybridized carbons (Fsp3) is 0.207. The third-order valence-electron chi connectivity index (χ3n) is 6.70. The van der Waals surface area contributed by atoms with Gasteiger partial charge in [-0.25, -0.2) is 18.4 Å². The van der Waals surface area contributed by atoms with Crippen LogP contribution in [0.3, 0.4) is 0 Å². The van der Waals surface area contributed by atoms with E-state index >= 15 is 0 Å². The Bertz CT molecular complexity index is 1670. The Hall–Kier alpha value is -4.08. The summed E-state index contributed by atoms with van der Waals surface area (Å²) in [5.74, 6) is 1.65. The SMILES string of the molecule is Cc1ccc(-c2nc3nc(-c4ccccc4)nc(N4CCCN(S(=O)(=O)c5ccccc5)CC4)c3o2)cc1. The van der Waals surface area contributed by atoms with Gasteiger partial charge in [-0.15, -0.1) is 0 Å². The van der Waals surface area contributed by atoms with Crippen LogP contribution in [0.4, 0.5) is 5.82 Å². The van der Waals surface area contributed by atoms with E-state index in [0.717, 1.165) is 16.7 Å². The van der Waals surface area contributed by atoms with Crippen molar-refractivity contribution in [3.63, 3.8) is 0 Å². The van der Waals surface area contributed by atoms with Crippen molar-refractivity contribution in [1.29, 1.82) is 0 Å². The highest BCUT2D eigenvalue weighted by atomic mass is 32.2. The lowest BCUT2D eigenvalue weighted by atomic mass is 10.1. The van der Waals surface area contributed by atoms with E-state index in [1.54, 1.807) is 28.6 Å². The maximum Gasteiger partial charge on any atom is 0.243 e. The van der Waals surface area contributed by atoms with E-state index in [4.69, 9.17) is 19.4 Å². The van der Waals surface area contributed by atoms with Gasteiger partial charge in [-0.2, -0.15) is 9.29 Å². The second kappa shape index (κ2) is 10.00. The van der Waals surface area contributed by atoms with E-state index in [-0.39, 0.29) is 0 Å². The Labute approximate surface area is 221 Å². The molecule has 0 atom stereocenters. The van der Waals surface area contributed by atoms with E-state index in [0.29, 0.717) is 66.3 Å². The van der Waals surface area contributed by atoms with Gasteiger partial charge in [-0.1, -0.05) is 66.2 Å². The van der Waals surface area contributed by atoms with Crippen LogP contribution in [0, 0.1) is 6.92 Å². The van der Waals surface area contributed by atoms with Crippen LogP contribution in [0.25, 0.3) is 34.1 Å². The predicted molar refractivity (Wildman–Crippen MR) is 147 cm³/mol. The van der Waals surface area contributed by atoms with Gasteiger partial charge in [0.2, 0.25) is 27.1 Å². The van der Waals surface area contributed by atoms with Gasteiger partial charge in [0.1, 0.15) is 0 Å². The molecule has 0 unspecified atom stereocenters. The van der Waals surface area contributed by atoms with Crippen molar-refractivity contribution < 1.29 is 12.8 Å². The quantitative estimate of drug-likeness (QED) is 0.313. The van der Waals surface area contributed by atoms with E-state index in [2.05, 4.69) is 4.90 Å². The third-order valence-corrected chi connectivity index (χ3v) is 8.61. The summed E-state index contributed by atoms with van der Waals surface area (Å²) in [7, 11) is -3.58. The van der Waals surface area contributed by atoms with Gasteiger partial charge in [-0.3, -0.25) is 0 Å². The number of fused-ring (bicyclic) bond motifs is 1. The largest absolute Gasteiger partial charge is 0.430 e. The highest BCUT2D eigenvalue weighted by Crippen LogP contribution is 2.32. The second-order valence-corrected chi connectivity index (χ2v) is 11.3. The lowest BCUT2D eigenvalue weighted by Crippen LogP contribution is -2.35. The molecule has 9 heteroatoms. The van der Waals surface area contributed by atoms with Crippen LogP contribution >= 0.6 is 0 Å². The summed E-state index contributed by atoms with van der Waals surface area (Å²) in [6.07, 6.45) is 0.650. The normalized spacial score (nSPS) is 15.0. The molecule has 2 aromatic heterocycles. The number of anilines is 1. The molecule has 38 heavy (non-hydrogen) atoms. The topological polar surface area (TPSA) is 92.4 Å². The van der Waals surface area contributed by atoms with Crippen LogP contribution < -0.4 is 4.90 Å². The van der Waals surface area contributed by atoms with Crippen molar-refractivity contribution in [1.82, 2.24) is 19.3 Å². The van der Waals surface area contributed by atoms with Crippen molar-refractivity contribution in [2.45, 2.75) is 18.2 Å². The lowest BCUT2D eigenvalue weighted by molar-refractivity contribution is 0.433. The van der Waals surface area contributed by atoms with E-state index < -0.39 is 10.0 Å². The Morgan fingerprint density at radius 3 is 2.18 bits per heavy atom. The summed E-state index contributed by atoms with van der Waals surface area (Å²) in [4.78, 5) is 16.8. The van der Waals surface area contributed by atoms with Crippen molar-refractivity contribution in [2.75, 3.05) is 31.1 Å². The van der Waals surface area contributed by atoms with Crippen LogP contribution in [0.2, 0.25) is 0 Å². The van der Waals surface area contributed by atoms with Crippen LogP contribution in [-0.4, -0.2) is 53.9 Å². The number of benzene rings is 3. The third kappa shape index (κ3) is 4.66. The molecule has 0 spiro atoms. The molecule has 3 aromatic carbocycles. The molecule has 192 valence electrons. The van der Waals surface area contributed by atoms with Crippen LogP contribution in [0.1, 0.15) is 12.0 Å². The standard InChI is InChI=1S/C29H27N5O3S/c1-21-13-15-23(16-14-21)29-32-27-25(37-29)28(31-26(30-27)22-9-4-2-5-10-22)33-17-8-18-34(20-19-33)38(35,36)24-11-6-3-7-12-24/h2-7,9-16H,8,17-20H2,1H3. The Balaban J connectivity index is 1.39. The number of aromatic nitrogens is 3. The van der Waals surface area contributed by atoms with Crippen LogP contribution in [0.15, 0.2) is 94.2 Å². The maximum atomic E-state index is 13.3. The number of oxazole rings is 1. The molecule has 1 aliphatic rings. The molecule has 8 nitrogen and oxygen atoms in total. The monoisotopic (exact) mass is 525 g/mol. The van der Waals surface area contributed by atoms with Gasteiger partial charge in [0, 0.05) is 37.3 Å². The average molecular weight is 526 g/mol. The predicted octanol–water partition coefficient (Wildman–Crippen LogP) is 5.16. The minimum Gasteiger partial charge on any atom is -0.430 e. The zero-order valence-electron chi connectivity index (χ0n) is 21.0. The number of hydrogen-bond acceptors (Lipinski definition) is 7. The van der Waals surface area contributed by atoms with Gasteiger partial charge in [0.15, 0.2) is 11.6 Å². The summed E-state index contributed by atoms with van der Waals surface area (Å²) in [6.45, 7) is 3.89. The molecule has 0 aliphatic carbocycles. The Kier molecular flexibility index (Phi) is 6.39. The minimum atomic E-state index is -3.58. The Morgan fingerprint density at radius 2 is 1.45 bits per heavy atom. The van der Waals surface area contributed by atoms with Crippen molar-refractivity contribution in [2.24, 2.45) is 0 Å². The van der Waals surface area contributed by atoms with Gasteiger partial charge in [0.25, 0.3) is 0 Å². The number of sulfonamides is 1. The van der Waals surface area contributed by atoms with Gasteiger partial charge in [0.05, 0.1) is 4.90 Å². The molecule has 6 rings (SSSR count). The molecule has 0 radical (unpaired) electrons. The molecule has 1 aliphatic heterocycles. The first kappa shape index (κ1) is 24.3. The number of rotatable bonds is 5. The van der Waals surface area contributed by atoms with Gasteiger partial charge < -0.3 is 9.32 Å². The first-order valence-corrected chi connectivity index (χ1v) is 14.0. The van der Waals surface area contributed by atoms with E-state index in [1.165, 1.54) is 0 Å². The first-order valence-electron chi connectivity index (χ1n) is 12.6. The Morgan fingerprint density at radius 1 is 0.737 bits per heavy atom. The molecular weight excluding hydrogens is 498 g/mol. The van der Waals surface area contributed by atoms with Gasteiger partial charge in [-0.05, 0) is 37.6 Å². The highest BCUT2D eigenvalue weighted by molar-refractivity contribution is 7.89. The van der Waals surface area contributed by atoms with E-state index in [9.17, 15) is 8.42 Å². The maximum absolute atomic E-state index is 13.3. The van der Waals surface area contributed by atoms with Crippen LogP contribution in [-0.2, 0) is 10.0 Å². The fourth-order valence-corrected chi connectivity index (χ4v) is 6.14. The van der Waals surface area contributed by atoms with Crippen molar-refractivity contribution in [3.05, 3.63) is 90.5 Å². The summed E-state index contributed by atoms with van der Waals surface area (Å²) in [5.41, 5.74) is 3.86. The minimum absolute atomic E-state index is 0.308. The zero-order valence-corrected chi connectivity index (χ0v) is 21.8. The lowest BCUT2D eigenvalue weighted by Gasteiger charge is -2.23. The smallest absolute Gasteiger partial charge is 0.243 e. The fourth-order valence-electron chi connectivity index (χ4n) is 4.65. The summed E-state index contributed by atoms with van der Waals surface area (Å²) in [6, 6.07) is 26.3. The van der Waals surface area contributed by atoms with Gasteiger partial charge >= 0.3 is 0 Å². The molecule has 3 heterocycles. The molecule has 1 saturated heterocycles. The second-order valence-electron chi connectivity index (χ2n) is 9.33. The zero-order chi connectivity index (χ0) is 26.1. The number of hydrogen-bond donors (Lipinski definition) is 0. The molecule has 1 fully saturated rings. The first-order chi connectivity index (χ1) is 18.5.